The molecule has 0 spiro atoms. The first-order chi connectivity index (χ1) is 56.5. The van der Waals surface area contributed by atoms with Crippen LogP contribution in [-0.4, -0.2) is 59.6 Å². The average molecular weight is 1640 g/mol. The maximum Gasteiger partial charge on any atom is 1.00 e. The molecule has 15 aromatic carbocycles. The van der Waals surface area contributed by atoms with Gasteiger partial charge in [-0.15, -0.1) is 13.2 Å². The minimum atomic E-state index is -0.932. The van der Waals surface area contributed by atoms with Crippen molar-refractivity contribution in [2.45, 2.75) is 109 Å². The molecule has 15 rings (SSSR count). The second kappa shape index (κ2) is 51.7. The van der Waals surface area contributed by atoms with E-state index < -0.39 is 11.9 Å². The van der Waals surface area contributed by atoms with E-state index in [0.717, 1.165) is 49.0 Å². The number of carboxylic acids is 2. The minimum Gasteiger partial charge on any atom is -0.870 e. The maximum atomic E-state index is 11.5. The van der Waals surface area contributed by atoms with Crippen LogP contribution < -0.4 is 18.9 Å². The van der Waals surface area contributed by atoms with Gasteiger partial charge in [0, 0.05) is 29.5 Å². The summed E-state index contributed by atoms with van der Waals surface area (Å²) in [4.78, 5) is 54.3. The number of esters is 2. The molecule has 0 bridgehead atoms. The first-order valence-corrected chi connectivity index (χ1v) is 39.8. The van der Waals surface area contributed by atoms with Crippen molar-refractivity contribution in [1.82, 2.24) is 0 Å². The van der Waals surface area contributed by atoms with Crippen LogP contribution in [0.4, 0.5) is 0 Å². The van der Waals surface area contributed by atoms with Gasteiger partial charge in [0.15, 0.2) is 5.78 Å². The number of methoxy groups -OCH3 is 2. The molecule has 0 aliphatic rings. The first-order valence-electron chi connectivity index (χ1n) is 39.0. The van der Waals surface area contributed by atoms with Crippen molar-refractivity contribution in [2.75, 3.05) is 14.2 Å². The van der Waals surface area contributed by atoms with Crippen LogP contribution in [0.3, 0.4) is 0 Å². The molecule has 0 fully saturated rings. The molecule has 119 heavy (non-hydrogen) atoms. The number of aliphatic carboxylic acids is 2. The van der Waals surface area contributed by atoms with Gasteiger partial charge in [0.2, 0.25) is 0 Å². The van der Waals surface area contributed by atoms with Crippen molar-refractivity contribution in [2.24, 2.45) is 0 Å². The van der Waals surface area contributed by atoms with Gasteiger partial charge in [-0.25, -0.2) is 9.59 Å². The smallest absolute Gasteiger partial charge is 0.870 e. The molecular formula is C107H110BrLiO10. The predicted octanol–water partition coefficient (Wildman–Crippen LogP) is 25.8. The Morgan fingerprint density at radius 1 is 0.345 bits per heavy atom. The zero-order valence-electron chi connectivity index (χ0n) is 71.5. The number of benzene rings is 15. The number of carbonyl (C=O) groups excluding carboxylic acids is 3. The van der Waals surface area contributed by atoms with Crippen molar-refractivity contribution < 1.29 is 68.0 Å². The zero-order chi connectivity index (χ0) is 85.5. The quantitative estimate of drug-likeness (QED) is 0.0417. The number of ether oxygens (including phenoxy) is 2. The van der Waals surface area contributed by atoms with Crippen LogP contribution in [0.1, 0.15) is 111 Å². The Kier molecular flexibility index (Phi) is 43.0. The fourth-order valence-corrected chi connectivity index (χ4v) is 14.5. The summed E-state index contributed by atoms with van der Waals surface area (Å²) in [7, 11) is 2.83. The Morgan fingerprint density at radius 2 is 0.546 bits per heavy atom. The third-order valence-corrected chi connectivity index (χ3v) is 20.4. The molecule has 606 valence electrons. The van der Waals surface area contributed by atoms with Gasteiger partial charge < -0.3 is 25.2 Å². The molecule has 0 atom stereocenters. The SMILES string of the molecule is C=CC.C=CC.C=CC(C)=O.CC=CC.CC=CC.COC(=O)/C=C/c1c2ccccc2c(C)c2ccccc12.COC(=O)CCc1c2ccccc2c(C)c2ccccc12.Cc1c2ccccc2c(/C=C/C(=O)O)c2ccccc12.Cc1c2ccccc2c(Br)c2ccccc12.Cc1c2ccccc2c(CCC(=O)O)c2ccccc12.[Li+].[OH-]. The molecular weight excluding hydrogens is 1530 g/mol. The fourth-order valence-electron chi connectivity index (χ4n) is 13.8. The van der Waals surface area contributed by atoms with Gasteiger partial charge in [-0.2, -0.15) is 0 Å². The van der Waals surface area contributed by atoms with E-state index in [0.29, 0.717) is 19.3 Å². The van der Waals surface area contributed by atoms with Crippen LogP contribution in [0.15, 0.2) is 322 Å². The first kappa shape index (κ1) is 99.0. The van der Waals surface area contributed by atoms with Crippen LogP contribution in [0.5, 0.6) is 0 Å². The second-order valence-corrected chi connectivity index (χ2v) is 27.9. The predicted molar refractivity (Wildman–Crippen MR) is 508 cm³/mol. The molecule has 0 radical (unpaired) electrons. The monoisotopic (exact) mass is 1640 g/mol. The molecule has 0 aliphatic heterocycles. The largest absolute Gasteiger partial charge is 1.00 e. The second-order valence-electron chi connectivity index (χ2n) is 27.1. The standard InChI is InChI=1S/C19H18O2.C19H16O2.C18H16O2.C18H14O2.C15H11Br.C4H6O.2C4H8.2C3H6.Li.H2O/c2*1-13-14-7-3-5-9-16(14)18(11-12-19(20)21-2)17-10-6-4-8-15(13)17;2*1-12-13-6-2-4-8-15(13)17(10-11-18(19)20)16-9-5-3-7-14(12)16;1-10-11-6-2-4-8-13(11)15(16)14-9-5-3-7-12(10)14;1-3-4(2)5;2*1-3-4-2;2*1-3-2;;/h3-10H,11-12H2,1-2H3;3-12H,1-2H3;2-9H,10-11H2,1H3,(H,19,20);2-11H,1H3,(H,19,20);2-9H,1H3;3H,1H2,2H3;2*3-4H,1-2H3;2*3H,1H2,2H3;;1H2/q;;;;;;;;;;+1;/p-1/b;12-11+;;11-10+;;;;;;;;. The number of halogens is 1. The third-order valence-electron chi connectivity index (χ3n) is 19.6. The molecule has 0 aliphatic carbocycles. The van der Waals surface area contributed by atoms with Crippen LogP contribution >= 0.6 is 15.9 Å². The summed E-state index contributed by atoms with van der Waals surface area (Å²) in [6, 6.07) is 83.1. The van der Waals surface area contributed by atoms with Crippen molar-refractivity contribution in [1.29, 1.82) is 0 Å². The van der Waals surface area contributed by atoms with Gasteiger partial charge >= 0.3 is 42.7 Å². The molecule has 10 nitrogen and oxygen atoms in total. The number of rotatable bonds is 11. The van der Waals surface area contributed by atoms with E-state index in [1.807, 2.05) is 157 Å². The van der Waals surface area contributed by atoms with Crippen LogP contribution in [0, 0.1) is 34.6 Å². The zero-order valence-corrected chi connectivity index (χ0v) is 73.1. The van der Waals surface area contributed by atoms with Crippen molar-refractivity contribution in [3.05, 3.63) is 372 Å². The van der Waals surface area contributed by atoms with E-state index in [2.05, 4.69) is 228 Å². The van der Waals surface area contributed by atoms with Crippen molar-refractivity contribution >= 4 is 165 Å². The van der Waals surface area contributed by atoms with E-state index in [1.54, 1.807) is 18.2 Å². The number of hydrogen-bond acceptors (Lipinski definition) is 8. The van der Waals surface area contributed by atoms with Crippen LogP contribution in [-0.2, 0) is 46.3 Å². The number of ketones is 1. The van der Waals surface area contributed by atoms with E-state index in [1.165, 1.54) is 153 Å². The average Bonchev–Trinajstić information content (AvgIpc) is 0.640. The Bertz CT molecular complexity index is 5750. The van der Waals surface area contributed by atoms with Gasteiger partial charge in [-0.05, 0) is 288 Å². The molecule has 0 unspecified atom stereocenters. The van der Waals surface area contributed by atoms with Gasteiger partial charge in [-0.1, -0.05) is 286 Å². The summed E-state index contributed by atoms with van der Waals surface area (Å²) in [6.45, 7) is 33.9. The fraction of sp³-hybridized carbons (Fsp3) is 0.168. The molecule has 12 heteroatoms. The summed E-state index contributed by atoms with van der Waals surface area (Å²) < 4.78 is 10.7. The Balaban J connectivity index is 0.000000295. The molecule has 0 amide bonds. The summed E-state index contributed by atoms with van der Waals surface area (Å²) >= 11 is 3.72. The number of allylic oxidation sites excluding steroid dienone is 7. The van der Waals surface area contributed by atoms with E-state index in [4.69, 9.17) is 19.7 Å². The summed E-state index contributed by atoms with van der Waals surface area (Å²) in [5.41, 5.74) is 10.8. The number of carbonyl (C=O) groups is 5. The van der Waals surface area contributed by atoms with E-state index >= 15 is 0 Å². The Labute approximate surface area is 722 Å². The molecule has 3 N–H and O–H groups in total. The summed E-state index contributed by atoms with van der Waals surface area (Å²) in [5, 5.41) is 42.1. The van der Waals surface area contributed by atoms with Gasteiger partial charge in [0.25, 0.3) is 0 Å². The van der Waals surface area contributed by atoms with Crippen molar-refractivity contribution in [3.8, 4) is 0 Å². The van der Waals surface area contributed by atoms with E-state index in [9.17, 15) is 24.0 Å². The number of carboxylic acid groups (broad SMARTS) is 2. The van der Waals surface area contributed by atoms with Gasteiger partial charge in [0.05, 0.1) is 14.2 Å². The summed E-state index contributed by atoms with van der Waals surface area (Å²) in [6.07, 6.45) is 20.8. The Morgan fingerprint density at radius 3 is 0.756 bits per heavy atom. The topological polar surface area (TPSA) is 174 Å². The molecule has 15 aromatic rings. The Hall–Kier alpha value is -12.3. The van der Waals surface area contributed by atoms with E-state index in [-0.39, 0.29) is 48.5 Å². The summed E-state index contributed by atoms with van der Waals surface area (Å²) in [5.74, 6) is -2.17. The third kappa shape index (κ3) is 26.8. The van der Waals surface area contributed by atoms with Gasteiger partial charge in [-0.3, -0.25) is 14.4 Å². The molecule has 0 heterocycles. The number of hydrogen-bond donors (Lipinski definition) is 2. The minimum absolute atomic E-state index is 0. The molecule has 0 saturated carbocycles. The van der Waals surface area contributed by atoms with Crippen LogP contribution in [0.2, 0.25) is 0 Å². The number of aryl methyl sites for hydroxylation is 7. The number of fused-ring (bicyclic) bond motifs is 10. The van der Waals surface area contributed by atoms with Crippen molar-refractivity contribution in [3.63, 3.8) is 0 Å². The molecule has 0 aromatic heterocycles. The maximum absolute atomic E-state index is 11.5. The molecule has 0 saturated heterocycles. The van der Waals surface area contributed by atoms with Gasteiger partial charge in [0.1, 0.15) is 0 Å². The normalized spacial score (nSPS) is 10.3. The van der Waals surface area contributed by atoms with Crippen LogP contribution in [0.25, 0.3) is 120 Å².